The number of amides is 2. The molecule has 1 unspecified atom stereocenters. The molecule has 128 valence electrons. The van der Waals surface area contributed by atoms with Gasteiger partial charge < -0.3 is 30.7 Å². The summed E-state index contributed by atoms with van der Waals surface area (Å²) in [5.41, 5.74) is 5.06. The molecule has 8 heteroatoms. The van der Waals surface area contributed by atoms with Crippen LogP contribution in [0.15, 0.2) is 0 Å². The molecular weight excluding hydrogens is 292 g/mol. The highest BCUT2D eigenvalue weighted by Gasteiger charge is 2.34. The minimum Gasteiger partial charge on any atom is -0.390 e. The van der Waals surface area contributed by atoms with E-state index >= 15 is 0 Å². The largest absolute Gasteiger partial charge is 0.390 e. The van der Waals surface area contributed by atoms with E-state index in [1.54, 1.807) is 13.8 Å². The number of nitrogens with two attached hydrogens (primary N) is 1. The molecule has 0 bridgehead atoms. The Labute approximate surface area is 130 Å². The number of rotatable bonds is 8. The fourth-order valence-electron chi connectivity index (χ4n) is 2.26. The summed E-state index contributed by atoms with van der Waals surface area (Å²) in [5.74, 6) is -0.723. The van der Waals surface area contributed by atoms with Crippen molar-refractivity contribution in [2.24, 2.45) is 11.7 Å². The van der Waals surface area contributed by atoms with Gasteiger partial charge in [0.1, 0.15) is 6.10 Å². The lowest BCUT2D eigenvalue weighted by atomic mass is 10.0. The molecule has 8 nitrogen and oxygen atoms in total. The molecule has 1 aliphatic heterocycles. The van der Waals surface area contributed by atoms with Crippen LogP contribution in [0.25, 0.3) is 0 Å². The van der Waals surface area contributed by atoms with Gasteiger partial charge in [-0.2, -0.15) is 0 Å². The van der Waals surface area contributed by atoms with Gasteiger partial charge in [-0.05, 0) is 12.8 Å². The van der Waals surface area contributed by atoms with Gasteiger partial charge in [0.05, 0.1) is 18.8 Å². The summed E-state index contributed by atoms with van der Waals surface area (Å²) in [6, 6.07) is 0. The smallest absolute Gasteiger partial charge is 0.220 e. The van der Waals surface area contributed by atoms with E-state index in [1.807, 2.05) is 0 Å². The van der Waals surface area contributed by atoms with E-state index < -0.39 is 30.5 Å². The first-order valence-corrected chi connectivity index (χ1v) is 7.47. The fourth-order valence-corrected chi connectivity index (χ4v) is 2.26. The number of aliphatic hydroxyl groups excluding tert-OH is 2. The maximum atomic E-state index is 11.6. The van der Waals surface area contributed by atoms with Crippen LogP contribution in [-0.4, -0.2) is 59.8 Å². The van der Waals surface area contributed by atoms with Gasteiger partial charge in [-0.3, -0.25) is 9.59 Å². The zero-order valence-corrected chi connectivity index (χ0v) is 13.0. The predicted molar refractivity (Wildman–Crippen MR) is 77.5 cm³/mol. The lowest BCUT2D eigenvalue weighted by molar-refractivity contribution is -0.260. The van der Waals surface area contributed by atoms with Crippen molar-refractivity contribution < 1.29 is 29.3 Å². The molecule has 5 atom stereocenters. The Bertz CT molecular complexity index is 378. The van der Waals surface area contributed by atoms with E-state index in [-0.39, 0.29) is 44.2 Å². The van der Waals surface area contributed by atoms with Crippen LogP contribution in [0.5, 0.6) is 0 Å². The lowest BCUT2D eigenvalue weighted by Gasteiger charge is -2.35. The highest BCUT2D eigenvalue weighted by Crippen LogP contribution is 2.20. The third-order valence-corrected chi connectivity index (χ3v) is 3.48. The summed E-state index contributed by atoms with van der Waals surface area (Å²) in [5, 5.41) is 21.9. The van der Waals surface area contributed by atoms with Crippen LogP contribution < -0.4 is 11.1 Å². The SMILES string of the molecule is CC(CC(N)=O)CC(=O)NCCO[C@@H]1O[C@@H](C)[C@@H](O)C[C@@H]1O. The normalized spacial score (nSPS) is 29.8. The summed E-state index contributed by atoms with van der Waals surface area (Å²) in [4.78, 5) is 22.3. The summed E-state index contributed by atoms with van der Waals surface area (Å²) >= 11 is 0. The van der Waals surface area contributed by atoms with Crippen molar-refractivity contribution in [1.82, 2.24) is 5.32 Å². The summed E-state index contributed by atoms with van der Waals surface area (Å²) in [7, 11) is 0. The van der Waals surface area contributed by atoms with Gasteiger partial charge in [0.2, 0.25) is 11.8 Å². The van der Waals surface area contributed by atoms with Gasteiger partial charge in [0.25, 0.3) is 0 Å². The number of hydrogen-bond acceptors (Lipinski definition) is 6. The minimum absolute atomic E-state index is 0.107. The first-order chi connectivity index (χ1) is 10.3. The third kappa shape index (κ3) is 6.69. The van der Waals surface area contributed by atoms with Crippen LogP contribution in [0.3, 0.4) is 0 Å². The number of primary amides is 1. The Kier molecular flexibility index (Phi) is 7.74. The molecule has 0 aromatic heterocycles. The van der Waals surface area contributed by atoms with E-state index in [9.17, 15) is 19.8 Å². The van der Waals surface area contributed by atoms with Gasteiger partial charge in [-0.15, -0.1) is 0 Å². The van der Waals surface area contributed by atoms with Gasteiger partial charge in [-0.1, -0.05) is 6.92 Å². The quantitative estimate of drug-likeness (QED) is 0.419. The van der Waals surface area contributed by atoms with Crippen molar-refractivity contribution in [3.8, 4) is 0 Å². The number of carbonyl (C=O) groups excluding carboxylic acids is 2. The standard InChI is InChI=1S/C14H26N2O6/c1-8(5-12(15)19)6-13(20)16-3-4-21-14-11(18)7-10(17)9(2)22-14/h8-11,14,17-18H,3-7H2,1-2H3,(H2,15,19)(H,16,20)/t8?,9-,10-,11-,14+/m0/s1. The summed E-state index contributed by atoms with van der Waals surface area (Å²) < 4.78 is 10.7. The highest BCUT2D eigenvalue weighted by atomic mass is 16.7. The Morgan fingerprint density at radius 3 is 2.68 bits per heavy atom. The molecule has 22 heavy (non-hydrogen) atoms. The average Bonchev–Trinajstić information content (AvgIpc) is 2.39. The third-order valence-electron chi connectivity index (χ3n) is 3.48. The van der Waals surface area contributed by atoms with Crippen LogP contribution in [-0.2, 0) is 19.1 Å². The molecular formula is C14H26N2O6. The molecule has 1 saturated heterocycles. The van der Waals surface area contributed by atoms with Gasteiger partial charge in [0, 0.05) is 25.8 Å². The van der Waals surface area contributed by atoms with Crippen LogP contribution in [0.1, 0.15) is 33.1 Å². The highest BCUT2D eigenvalue weighted by molar-refractivity contribution is 5.78. The molecule has 2 amide bonds. The van der Waals surface area contributed by atoms with Crippen molar-refractivity contribution in [3.05, 3.63) is 0 Å². The number of carbonyl (C=O) groups is 2. The summed E-state index contributed by atoms with van der Waals surface area (Å²) in [6.45, 7) is 3.93. The maximum absolute atomic E-state index is 11.6. The molecule has 1 heterocycles. The maximum Gasteiger partial charge on any atom is 0.220 e. The molecule has 1 fully saturated rings. The van der Waals surface area contributed by atoms with Crippen molar-refractivity contribution in [3.63, 3.8) is 0 Å². The first kappa shape index (κ1) is 18.8. The van der Waals surface area contributed by atoms with Crippen molar-refractivity contribution in [2.75, 3.05) is 13.2 Å². The molecule has 0 radical (unpaired) electrons. The Hall–Kier alpha value is -1.22. The fraction of sp³-hybridized carbons (Fsp3) is 0.857. The molecule has 1 aliphatic rings. The average molecular weight is 318 g/mol. The second kappa shape index (κ2) is 9.04. The van der Waals surface area contributed by atoms with Crippen LogP contribution in [0.2, 0.25) is 0 Å². The minimum atomic E-state index is -0.891. The second-order valence-electron chi connectivity index (χ2n) is 5.78. The topological polar surface area (TPSA) is 131 Å². The van der Waals surface area contributed by atoms with Gasteiger partial charge >= 0.3 is 0 Å². The number of ether oxygens (including phenoxy) is 2. The number of hydrogen-bond donors (Lipinski definition) is 4. The van der Waals surface area contributed by atoms with Crippen molar-refractivity contribution in [1.29, 1.82) is 0 Å². The van der Waals surface area contributed by atoms with Crippen LogP contribution in [0, 0.1) is 5.92 Å². The van der Waals surface area contributed by atoms with E-state index in [2.05, 4.69) is 5.32 Å². The molecule has 0 saturated carbocycles. The van der Waals surface area contributed by atoms with E-state index in [1.165, 1.54) is 0 Å². The lowest BCUT2D eigenvalue weighted by Crippen LogP contribution is -2.47. The first-order valence-electron chi connectivity index (χ1n) is 7.47. The molecule has 1 rings (SSSR count). The molecule has 5 N–H and O–H groups in total. The Balaban J connectivity index is 2.16. The number of nitrogens with one attached hydrogen (secondary N) is 1. The zero-order chi connectivity index (χ0) is 16.7. The molecule has 0 aliphatic carbocycles. The van der Waals surface area contributed by atoms with Crippen molar-refractivity contribution in [2.45, 2.75) is 57.7 Å². The zero-order valence-electron chi connectivity index (χ0n) is 13.0. The van der Waals surface area contributed by atoms with Crippen molar-refractivity contribution >= 4 is 11.8 Å². The second-order valence-corrected chi connectivity index (χ2v) is 5.78. The van der Waals surface area contributed by atoms with Gasteiger partial charge in [0.15, 0.2) is 6.29 Å². The summed E-state index contributed by atoms with van der Waals surface area (Å²) in [6.07, 6.45) is -2.22. The number of aliphatic hydroxyl groups is 2. The monoisotopic (exact) mass is 318 g/mol. The van der Waals surface area contributed by atoms with E-state index in [4.69, 9.17) is 15.2 Å². The molecule has 0 aromatic rings. The van der Waals surface area contributed by atoms with E-state index in [0.29, 0.717) is 0 Å². The Morgan fingerprint density at radius 2 is 2.05 bits per heavy atom. The van der Waals surface area contributed by atoms with Crippen LogP contribution >= 0.6 is 0 Å². The Morgan fingerprint density at radius 1 is 1.36 bits per heavy atom. The molecule has 0 spiro atoms. The van der Waals surface area contributed by atoms with Crippen LogP contribution in [0.4, 0.5) is 0 Å². The molecule has 0 aromatic carbocycles. The van der Waals surface area contributed by atoms with E-state index in [0.717, 1.165) is 0 Å². The van der Waals surface area contributed by atoms with Gasteiger partial charge in [-0.25, -0.2) is 0 Å². The predicted octanol–water partition coefficient (Wildman–Crippen LogP) is -1.12.